The molecule has 2 rings (SSSR count). The fourth-order valence-electron chi connectivity index (χ4n) is 1.88. The SMILES string of the molecule is CC(C)c1csc(C(=O)Nc2cccc(CS(C)(=O)=O)c2)n1. The van der Waals surface area contributed by atoms with Crippen molar-refractivity contribution in [2.75, 3.05) is 11.6 Å². The van der Waals surface area contributed by atoms with Crippen molar-refractivity contribution in [2.45, 2.75) is 25.5 Å². The average molecular weight is 338 g/mol. The standard InChI is InChI=1S/C15H18N2O3S2/c1-10(2)13-8-21-15(17-13)14(18)16-12-6-4-5-11(7-12)9-22(3,19)20/h4-8,10H,9H2,1-3H3,(H,16,18). The molecule has 1 heterocycles. The molecular formula is C15H18N2O3S2. The number of carbonyl (C=O) groups excluding carboxylic acids is 1. The van der Waals surface area contributed by atoms with Crippen LogP contribution >= 0.6 is 11.3 Å². The van der Waals surface area contributed by atoms with E-state index in [1.807, 2.05) is 19.2 Å². The molecule has 1 amide bonds. The Morgan fingerprint density at radius 2 is 2.09 bits per heavy atom. The summed E-state index contributed by atoms with van der Waals surface area (Å²) in [6.45, 7) is 4.04. The second-order valence-electron chi connectivity index (χ2n) is 5.46. The number of amides is 1. The third kappa shape index (κ3) is 4.64. The van der Waals surface area contributed by atoms with Gasteiger partial charge in [0.05, 0.1) is 11.4 Å². The summed E-state index contributed by atoms with van der Waals surface area (Å²) in [5, 5.41) is 5.03. The number of nitrogens with one attached hydrogen (secondary N) is 1. The van der Waals surface area contributed by atoms with E-state index in [1.54, 1.807) is 24.3 Å². The number of benzene rings is 1. The number of carbonyl (C=O) groups is 1. The van der Waals surface area contributed by atoms with Crippen molar-refractivity contribution in [3.05, 3.63) is 45.9 Å². The second kappa shape index (κ2) is 6.58. The molecule has 0 aliphatic carbocycles. The molecule has 1 aromatic carbocycles. The molecule has 22 heavy (non-hydrogen) atoms. The predicted octanol–water partition coefficient (Wildman–Crippen LogP) is 3.06. The first-order chi connectivity index (χ1) is 10.2. The quantitative estimate of drug-likeness (QED) is 0.909. The zero-order valence-corrected chi connectivity index (χ0v) is 14.3. The van der Waals surface area contributed by atoms with Gasteiger partial charge in [0.15, 0.2) is 14.8 Å². The monoisotopic (exact) mass is 338 g/mol. The smallest absolute Gasteiger partial charge is 0.284 e. The van der Waals surface area contributed by atoms with Crippen molar-refractivity contribution >= 4 is 32.8 Å². The Morgan fingerprint density at radius 3 is 2.68 bits per heavy atom. The van der Waals surface area contributed by atoms with Crippen LogP contribution in [0.3, 0.4) is 0 Å². The fraction of sp³-hybridized carbons (Fsp3) is 0.333. The van der Waals surface area contributed by atoms with Crippen LogP contribution in [-0.4, -0.2) is 25.6 Å². The van der Waals surface area contributed by atoms with Gasteiger partial charge in [-0.15, -0.1) is 11.3 Å². The zero-order chi connectivity index (χ0) is 16.3. The summed E-state index contributed by atoms with van der Waals surface area (Å²) in [7, 11) is -3.10. The number of aromatic nitrogens is 1. The highest BCUT2D eigenvalue weighted by atomic mass is 32.2. The fourth-order valence-corrected chi connectivity index (χ4v) is 3.54. The zero-order valence-electron chi connectivity index (χ0n) is 12.7. The molecule has 1 aromatic heterocycles. The molecule has 5 nitrogen and oxygen atoms in total. The largest absolute Gasteiger partial charge is 0.320 e. The minimum absolute atomic E-state index is 0.0501. The number of rotatable bonds is 5. The molecule has 1 N–H and O–H groups in total. The van der Waals surface area contributed by atoms with E-state index in [0.717, 1.165) is 5.69 Å². The molecule has 0 radical (unpaired) electrons. The van der Waals surface area contributed by atoms with E-state index >= 15 is 0 Å². The van der Waals surface area contributed by atoms with Crippen LogP contribution < -0.4 is 5.32 Å². The molecule has 2 aromatic rings. The van der Waals surface area contributed by atoms with E-state index in [4.69, 9.17) is 0 Å². The molecule has 0 bridgehead atoms. The molecule has 0 saturated carbocycles. The highest BCUT2D eigenvalue weighted by Gasteiger charge is 2.13. The molecule has 0 aliphatic rings. The Hall–Kier alpha value is -1.73. The van der Waals surface area contributed by atoms with Gasteiger partial charge in [0, 0.05) is 17.3 Å². The summed E-state index contributed by atoms with van der Waals surface area (Å²) < 4.78 is 22.7. The number of hydrogen-bond donors (Lipinski definition) is 1. The molecular weight excluding hydrogens is 320 g/mol. The lowest BCUT2D eigenvalue weighted by Gasteiger charge is -2.06. The number of hydrogen-bond acceptors (Lipinski definition) is 5. The van der Waals surface area contributed by atoms with Gasteiger partial charge in [0.25, 0.3) is 5.91 Å². The molecule has 7 heteroatoms. The molecule has 0 aliphatic heterocycles. The van der Waals surface area contributed by atoms with Crippen molar-refractivity contribution in [3.8, 4) is 0 Å². The van der Waals surface area contributed by atoms with Gasteiger partial charge in [-0.2, -0.15) is 0 Å². The average Bonchev–Trinajstić information content (AvgIpc) is 2.86. The number of anilines is 1. The lowest BCUT2D eigenvalue weighted by atomic mass is 10.2. The third-order valence-electron chi connectivity index (χ3n) is 2.92. The second-order valence-corrected chi connectivity index (χ2v) is 8.46. The van der Waals surface area contributed by atoms with Gasteiger partial charge in [0.1, 0.15) is 0 Å². The summed E-state index contributed by atoms with van der Waals surface area (Å²) >= 11 is 1.30. The predicted molar refractivity (Wildman–Crippen MR) is 89.1 cm³/mol. The van der Waals surface area contributed by atoms with Crippen LogP contribution in [0.4, 0.5) is 5.69 Å². The van der Waals surface area contributed by atoms with Gasteiger partial charge in [-0.25, -0.2) is 13.4 Å². The van der Waals surface area contributed by atoms with Crippen LogP contribution in [0.2, 0.25) is 0 Å². The maximum absolute atomic E-state index is 12.2. The molecule has 0 saturated heterocycles. The third-order valence-corrected chi connectivity index (χ3v) is 4.64. The molecule has 0 fully saturated rings. The van der Waals surface area contributed by atoms with Crippen molar-refractivity contribution in [1.82, 2.24) is 4.98 Å². The first-order valence-electron chi connectivity index (χ1n) is 6.78. The Balaban J connectivity index is 2.12. The van der Waals surface area contributed by atoms with Gasteiger partial charge in [-0.3, -0.25) is 4.79 Å². The Labute approximate surface area is 134 Å². The molecule has 118 valence electrons. The summed E-state index contributed by atoms with van der Waals surface area (Å²) in [5.74, 6) is -0.0601. The van der Waals surface area contributed by atoms with E-state index in [1.165, 1.54) is 17.6 Å². The number of thiazole rings is 1. The molecule has 0 spiro atoms. The highest BCUT2D eigenvalue weighted by molar-refractivity contribution is 7.89. The topological polar surface area (TPSA) is 76.1 Å². The summed E-state index contributed by atoms with van der Waals surface area (Å²) in [6, 6.07) is 6.82. The van der Waals surface area contributed by atoms with Gasteiger partial charge in [-0.05, 0) is 23.6 Å². The minimum atomic E-state index is -3.10. The van der Waals surface area contributed by atoms with Gasteiger partial charge in [0.2, 0.25) is 0 Å². The van der Waals surface area contributed by atoms with E-state index in [9.17, 15) is 13.2 Å². The summed E-state index contributed by atoms with van der Waals surface area (Å²) in [5.41, 5.74) is 2.09. The Bertz CT molecular complexity index is 780. The van der Waals surface area contributed by atoms with Gasteiger partial charge < -0.3 is 5.32 Å². The minimum Gasteiger partial charge on any atom is -0.320 e. The van der Waals surface area contributed by atoms with Crippen LogP contribution in [0.25, 0.3) is 0 Å². The van der Waals surface area contributed by atoms with Crippen LogP contribution in [0.1, 0.15) is 40.8 Å². The first kappa shape index (κ1) is 16.6. The summed E-state index contributed by atoms with van der Waals surface area (Å²) in [4.78, 5) is 16.5. The first-order valence-corrected chi connectivity index (χ1v) is 9.72. The van der Waals surface area contributed by atoms with Crippen molar-refractivity contribution in [2.24, 2.45) is 0 Å². The van der Waals surface area contributed by atoms with Crippen molar-refractivity contribution in [3.63, 3.8) is 0 Å². The molecule has 0 unspecified atom stereocenters. The normalized spacial score (nSPS) is 11.6. The van der Waals surface area contributed by atoms with Crippen LogP contribution in [0.15, 0.2) is 29.6 Å². The van der Waals surface area contributed by atoms with Crippen LogP contribution in [-0.2, 0) is 15.6 Å². The van der Waals surface area contributed by atoms with Crippen LogP contribution in [0, 0.1) is 0 Å². The highest BCUT2D eigenvalue weighted by Crippen LogP contribution is 2.19. The van der Waals surface area contributed by atoms with Crippen LogP contribution in [0.5, 0.6) is 0 Å². The van der Waals surface area contributed by atoms with E-state index in [-0.39, 0.29) is 17.6 Å². The summed E-state index contributed by atoms with van der Waals surface area (Å²) in [6.07, 6.45) is 1.18. The maximum atomic E-state index is 12.2. The maximum Gasteiger partial charge on any atom is 0.284 e. The van der Waals surface area contributed by atoms with Crippen molar-refractivity contribution in [1.29, 1.82) is 0 Å². The lowest BCUT2D eigenvalue weighted by Crippen LogP contribution is -2.12. The van der Waals surface area contributed by atoms with E-state index in [2.05, 4.69) is 10.3 Å². The number of sulfone groups is 1. The molecule has 0 atom stereocenters. The van der Waals surface area contributed by atoms with E-state index in [0.29, 0.717) is 16.3 Å². The van der Waals surface area contributed by atoms with Gasteiger partial charge in [-0.1, -0.05) is 26.0 Å². The lowest BCUT2D eigenvalue weighted by molar-refractivity contribution is 0.102. The Kier molecular flexibility index (Phi) is 4.97. The van der Waals surface area contributed by atoms with E-state index < -0.39 is 9.84 Å². The number of nitrogens with zero attached hydrogens (tertiary/aromatic N) is 1. The van der Waals surface area contributed by atoms with Crippen molar-refractivity contribution < 1.29 is 13.2 Å². The Morgan fingerprint density at radius 1 is 1.36 bits per heavy atom. The van der Waals surface area contributed by atoms with Gasteiger partial charge >= 0.3 is 0 Å².